The van der Waals surface area contributed by atoms with Crippen LogP contribution in [0, 0.1) is 0 Å². The fourth-order valence-electron chi connectivity index (χ4n) is 3.49. The summed E-state index contributed by atoms with van der Waals surface area (Å²) in [6, 6.07) is 6.61. The molecular weight excluding hydrogens is 436 g/mol. The number of anilines is 1. The van der Waals surface area contributed by atoms with Crippen LogP contribution in [-0.4, -0.2) is 58.7 Å². The van der Waals surface area contributed by atoms with Crippen molar-refractivity contribution in [3.05, 3.63) is 45.9 Å². The molecule has 3 rings (SSSR count). The third-order valence-corrected chi connectivity index (χ3v) is 6.10. The Kier molecular flexibility index (Phi) is 8.43. The van der Waals surface area contributed by atoms with Gasteiger partial charge in [0.25, 0.3) is 5.91 Å². The predicted octanol–water partition coefficient (Wildman–Crippen LogP) is 3.84. The van der Waals surface area contributed by atoms with Crippen LogP contribution in [0.5, 0.6) is 0 Å². The predicted molar refractivity (Wildman–Crippen MR) is 123 cm³/mol. The van der Waals surface area contributed by atoms with E-state index in [4.69, 9.17) is 11.6 Å². The fraction of sp³-hybridized carbons (Fsp3) is 0.455. The first-order valence-electron chi connectivity index (χ1n) is 10.5. The standard InChI is InChI=1S/C22H27ClN4O3S/c1-2-10-27(21(30)16-6-8-17(23)9-7-16)14-19(28)25-22-24-18(15-31-22)13-20(29)26-11-4-3-5-12-26/h6-9,15H,2-5,10-14H2,1H3,(H,24,25,28). The summed E-state index contributed by atoms with van der Waals surface area (Å²) in [6.45, 7) is 3.95. The van der Waals surface area contributed by atoms with E-state index in [2.05, 4.69) is 10.3 Å². The summed E-state index contributed by atoms with van der Waals surface area (Å²) in [7, 11) is 0. The zero-order chi connectivity index (χ0) is 22.2. The molecule has 1 N–H and O–H groups in total. The average Bonchev–Trinajstić information content (AvgIpc) is 3.20. The summed E-state index contributed by atoms with van der Waals surface area (Å²) in [4.78, 5) is 45.4. The summed E-state index contributed by atoms with van der Waals surface area (Å²) >= 11 is 7.17. The second-order valence-electron chi connectivity index (χ2n) is 7.54. The Bertz CT molecular complexity index is 910. The Balaban J connectivity index is 1.55. The van der Waals surface area contributed by atoms with Crippen LogP contribution in [0.2, 0.25) is 5.02 Å². The minimum absolute atomic E-state index is 0.0725. The number of thiazole rings is 1. The maximum atomic E-state index is 12.8. The van der Waals surface area contributed by atoms with Gasteiger partial charge in [0.05, 0.1) is 12.1 Å². The SMILES string of the molecule is CCCN(CC(=O)Nc1nc(CC(=O)N2CCCCC2)cs1)C(=O)c1ccc(Cl)cc1. The molecule has 1 aromatic carbocycles. The topological polar surface area (TPSA) is 82.6 Å². The summed E-state index contributed by atoms with van der Waals surface area (Å²) < 4.78 is 0. The summed E-state index contributed by atoms with van der Waals surface area (Å²) in [6.07, 6.45) is 4.24. The molecule has 0 spiro atoms. The van der Waals surface area contributed by atoms with E-state index in [9.17, 15) is 14.4 Å². The van der Waals surface area contributed by atoms with Crippen molar-refractivity contribution in [3.63, 3.8) is 0 Å². The number of hydrogen-bond donors (Lipinski definition) is 1. The number of halogens is 1. The third kappa shape index (κ3) is 6.77. The number of hydrogen-bond acceptors (Lipinski definition) is 5. The largest absolute Gasteiger partial charge is 0.342 e. The quantitative estimate of drug-likeness (QED) is 0.646. The third-order valence-electron chi connectivity index (χ3n) is 5.05. The Hall–Kier alpha value is -2.45. The molecule has 0 radical (unpaired) electrons. The van der Waals surface area contributed by atoms with E-state index >= 15 is 0 Å². The number of aromatic nitrogens is 1. The molecule has 1 aliphatic rings. The number of carbonyl (C=O) groups is 3. The minimum atomic E-state index is -0.320. The highest BCUT2D eigenvalue weighted by molar-refractivity contribution is 7.13. The molecule has 0 saturated carbocycles. The van der Waals surface area contributed by atoms with Crippen LogP contribution in [0.25, 0.3) is 0 Å². The number of amides is 3. The van der Waals surface area contributed by atoms with Crippen LogP contribution in [0.15, 0.2) is 29.6 Å². The molecule has 1 aromatic heterocycles. The Labute approximate surface area is 191 Å². The fourth-order valence-corrected chi connectivity index (χ4v) is 4.34. The second kappa shape index (κ2) is 11.2. The van der Waals surface area contributed by atoms with Gasteiger partial charge in [-0.3, -0.25) is 14.4 Å². The molecule has 31 heavy (non-hydrogen) atoms. The summed E-state index contributed by atoms with van der Waals surface area (Å²) in [5.41, 5.74) is 1.14. The molecule has 9 heteroatoms. The van der Waals surface area contributed by atoms with Crippen molar-refractivity contribution in [3.8, 4) is 0 Å². The Morgan fingerprint density at radius 1 is 1.16 bits per heavy atom. The van der Waals surface area contributed by atoms with Crippen molar-refractivity contribution in [2.24, 2.45) is 0 Å². The monoisotopic (exact) mass is 462 g/mol. The number of piperidine rings is 1. The van der Waals surface area contributed by atoms with E-state index in [0.29, 0.717) is 28.0 Å². The van der Waals surface area contributed by atoms with Gasteiger partial charge >= 0.3 is 0 Å². The zero-order valence-electron chi connectivity index (χ0n) is 17.6. The second-order valence-corrected chi connectivity index (χ2v) is 8.84. The summed E-state index contributed by atoms with van der Waals surface area (Å²) in [5.74, 6) is -0.467. The number of rotatable bonds is 8. The molecule has 0 aliphatic carbocycles. The number of carbonyl (C=O) groups excluding carboxylic acids is 3. The van der Waals surface area contributed by atoms with Crippen LogP contribution < -0.4 is 5.32 Å². The molecule has 2 heterocycles. The number of nitrogens with zero attached hydrogens (tertiary/aromatic N) is 3. The number of likely N-dealkylation sites (tertiary alicyclic amines) is 1. The van der Waals surface area contributed by atoms with Crippen LogP contribution >= 0.6 is 22.9 Å². The lowest BCUT2D eigenvalue weighted by Gasteiger charge is -2.26. The van der Waals surface area contributed by atoms with E-state index in [1.165, 1.54) is 22.7 Å². The van der Waals surface area contributed by atoms with Crippen molar-refractivity contribution in [1.29, 1.82) is 0 Å². The van der Waals surface area contributed by atoms with Gasteiger partial charge in [0, 0.05) is 35.6 Å². The Morgan fingerprint density at radius 2 is 1.87 bits per heavy atom. The van der Waals surface area contributed by atoms with E-state index in [1.54, 1.807) is 29.6 Å². The smallest absolute Gasteiger partial charge is 0.254 e. The molecule has 1 fully saturated rings. The maximum Gasteiger partial charge on any atom is 0.254 e. The highest BCUT2D eigenvalue weighted by atomic mass is 35.5. The molecule has 2 aromatic rings. The van der Waals surface area contributed by atoms with Crippen molar-refractivity contribution in [2.75, 3.05) is 31.5 Å². The highest BCUT2D eigenvalue weighted by Crippen LogP contribution is 2.18. The van der Waals surface area contributed by atoms with E-state index < -0.39 is 0 Å². The highest BCUT2D eigenvalue weighted by Gasteiger charge is 2.20. The van der Waals surface area contributed by atoms with Crippen LogP contribution in [-0.2, 0) is 16.0 Å². The van der Waals surface area contributed by atoms with Crippen molar-refractivity contribution in [2.45, 2.75) is 39.0 Å². The average molecular weight is 463 g/mol. The molecule has 0 unspecified atom stereocenters. The van der Waals surface area contributed by atoms with Crippen molar-refractivity contribution < 1.29 is 14.4 Å². The van der Waals surface area contributed by atoms with Crippen molar-refractivity contribution >= 4 is 45.8 Å². The van der Waals surface area contributed by atoms with Gasteiger partial charge < -0.3 is 15.1 Å². The van der Waals surface area contributed by atoms with Crippen LogP contribution in [0.1, 0.15) is 48.7 Å². The van der Waals surface area contributed by atoms with Gasteiger partial charge in [0.1, 0.15) is 6.54 Å². The summed E-state index contributed by atoms with van der Waals surface area (Å²) in [5, 5.41) is 5.52. The van der Waals surface area contributed by atoms with Crippen molar-refractivity contribution in [1.82, 2.24) is 14.8 Å². The van der Waals surface area contributed by atoms with Gasteiger partial charge in [0.2, 0.25) is 11.8 Å². The van der Waals surface area contributed by atoms with Gasteiger partial charge in [-0.1, -0.05) is 18.5 Å². The first-order valence-corrected chi connectivity index (χ1v) is 11.8. The zero-order valence-corrected chi connectivity index (χ0v) is 19.2. The van der Waals surface area contributed by atoms with E-state index in [0.717, 1.165) is 32.4 Å². The normalized spacial score (nSPS) is 13.7. The van der Waals surface area contributed by atoms with E-state index in [-0.39, 0.29) is 30.7 Å². The molecule has 0 bridgehead atoms. The van der Waals surface area contributed by atoms with E-state index in [1.807, 2.05) is 11.8 Å². The molecule has 1 aliphatic heterocycles. The molecule has 3 amide bonds. The van der Waals surface area contributed by atoms with Gasteiger partial charge in [-0.25, -0.2) is 4.98 Å². The molecule has 0 atom stereocenters. The van der Waals surface area contributed by atoms with Crippen LogP contribution in [0.4, 0.5) is 5.13 Å². The van der Waals surface area contributed by atoms with Gasteiger partial charge in [-0.05, 0) is 49.9 Å². The maximum absolute atomic E-state index is 12.8. The van der Waals surface area contributed by atoms with Crippen LogP contribution in [0.3, 0.4) is 0 Å². The van der Waals surface area contributed by atoms with Gasteiger partial charge in [0.15, 0.2) is 5.13 Å². The minimum Gasteiger partial charge on any atom is -0.342 e. The van der Waals surface area contributed by atoms with Gasteiger partial charge in [-0.15, -0.1) is 11.3 Å². The first-order chi connectivity index (χ1) is 15.0. The van der Waals surface area contributed by atoms with Gasteiger partial charge in [-0.2, -0.15) is 0 Å². The lowest BCUT2D eigenvalue weighted by atomic mass is 10.1. The first kappa shape index (κ1) is 23.2. The Morgan fingerprint density at radius 3 is 2.55 bits per heavy atom. The lowest BCUT2D eigenvalue weighted by molar-refractivity contribution is -0.131. The molecule has 1 saturated heterocycles. The molecule has 166 valence electrons. The lowest BCUT2D eigenvalue weighted by Crippen LogP contribution is -2.38. The number of nitrogens with one attached hydrogen (secondary N) is 1. The molecular formula is C22H27ClN4O3S. The number of benzene rings is 1. The molecule has 7 nitrogen and oxygen atoms in total.